The third kappa shape index (κ3) is 5.34. The SMILES string of the molecule is Cc1noc(C)c1S(=O)(=O)N1CCC(CC(=O)N2CCN(C(=O)NC3CCCC3)CC2)CC1. The van der Waals surface area contributed by atoms with Crippen LogP contribution in [0.2, 0.25) is 0 Å². The minimum absolute atomic E-state index is 0.0131. The summed E-state index contributed by atoms with van der Waals surface area (Å²) in [5, 5.41) is 6.88. The second kappa shape index (κ2) is 10.0. The van der Waals surface area contributed by atoms with E-state index in [0.717, 1.165) is 12.8 Å². The normalized spacial score (nSPS) is 21.5. The molecule has 2 saturated heterocycles. The maximum atomic E-state index is 13.0. The zero-order valence-electron chi connectivity index (χ0n) is 19.6. The van der Waals surface area contributed by atoms with Crippen molar-refractivity contribution in [3.8, 4) is 0 Å². The second-order valence-electron chi connectivity index (χ2n) is 9.50. The molecular weight excluding hydrogens is 446 g/mol. The van der Waals surface area contributed by atoms with Crippen LogP contribution in [0.3, 0.4) is 0 Å². The van der Waals surface area contributed by atoms with Crippen LogP contribution in [-0.4, -0.2) is 84.9 Å². The van der Waals surface area contributed by atoms with Crippen LogP contribution in [0.5, 0.6) is 0 Å². The van der Waals surface area contributed by atoms with Crippen molar-refractivity contribution in [2.75, 3.05) is 39.3 Å². The number of aryl methyl sites for hydroxylation is 2. The van der Waals surface area contributed by atoms with E-state index in [2.05, 4.69) is 10.5 Å². The molecule has 3 amide bonds. The fourth-order valence-electron chi connectivity index (χ4n) is 5.20. The van der Waals surface area contributed by atoms with Crippen molar-refractivity contribution in [2.45, 2.75) is 69.7 Å². The summed E-state index contributed by atoms with van der Waals surface area (Å²) in [6.45, 7) is 6.23. The molecule has 0 aromatic carbocycles. The lowest BCUT2D eigenvalue weighted by Gasteiger charge is -2.36. The number of piperidine rings is 1. The number of nitrogens with one attached hydrogen (secondary N) is 1. The van der Waals surface area contributed by atoms with Gasteiger partial charge in [-0.1, -0.05) is 18.0 Å². The first-order chi connectivity index (χ1) is 15.8. The van der Waals surface area contributed by atoms with Gasteiger partial charge >= 0.3 is 6.03 Å². The molecule has 1 saturated carbocycles. The van der Waals surface area contributed by atoms with E-state index >= 15 is 0 Å². The lowest BCUT2D eigenvalue weighted by atomic mass is 9.94. The third-order valence-electron chi connectivity index (χ3n) is 7.20. The van der Waals surface area contributed by atoms with Crippen molar-refractivity contribution < 1.29 is 22.5 Å². The molecule has 0 radical (unpaired) electrons. The highest BCUT2D eigenvalue weighted by Gasteiger charge is 2.35. The first kappa shape index (κ1) is 24.0. The van der Waals surface area contributed by atoms with Crippen LogP contribution in [0.25, 0.3) is 0 Å². The summed E-state index contributed by atoms with van der Waals surface area (Å²) < 4.78 is 32.5. The van der Waals surface area contributed by atoms with Gasteiger partial charge in [0.15, 0.2) is 5.76 Å². The van der Waals surface area contributed by atoms with E-state index in [9.17, 15) is 18.0 Å². The molecule has 10 nitrogen and oxygen atoms in total. The molecule has 1 aromatic heterocycles. The fraction of sp³-hybridized carbons (Fsp3) is 0.773. The average molecular weight is 482 g/mol. The third-order valence-corrected chi connectivity index (χ3v) is 9.35. The fourth-order valence-corrected chi connectivity index (χ4v) is 6.96. The minimum atomic E-state index is -3.64. The van der Waals surface area contributed by atoms with Gasteiger partial charge in [0.2, 0.25) is 15.9 Å². The lowest BCUT2D eigenvalue weighted by Crippen LogP contribution is -2.54. The van der Waals surface area contributed by atoms with Crippen molar-refractivity contribution in [2.24, 2.45) is 5.92 Å². The van der Waals surface area contributed by atoms with Gasteiger partial charge in [0.05, 0.1) is 0 Å². The van der Waals surface area contributed by atoms with Gasteiger partial charge in [-0.25, -0.2) is 13.2 Å². The number of carbonyl (C=O) groups excluding carboxylic acids is 2. The van der Waals surface area contributed by atoms with Crippen molar-refractivity contribution in [3.05, 3.63) is 11.5 Å². The summed E-state index contributed by atoms with van der Waals surface area (Å²) in [5.74, 6) is 0.566. The molecule has 11 heteroatoms. The zero-order chi connectivity index (χ0) is 23.6. The molecule has 0 spiro atoms. The Morgan fingerprint density at radius 2 is 1.58 bits per heavy atom. The van der Waals surface area contributed by atoms with Gasteiger partial charge in [-0.3, -0.25) is 4.79 Å². The summed E-state index contributed by atoms with van der Waals surface area (Å²) in [4.78, 5) is 29.1. The van der Waals surface area contributed by atoms with Crippen LogP contribution in [0.15, 0.2) is 9.42 Å². The predicted octanol–water partition coefficient (Wildman–Crippen LogP) is 1.88. The summed E-state index contributed by atoms with van der Waals surface area (Å²) in [6.07, 6.45) is 6.20. The number of hydrogen-bond acceptors (Lipinski definition) is 6. The Labute approximate surface area is 195 Å². The largest absolute Gasteiger partial charge is 0.360 e. The number of hydrogen-bond donors (Lipinski definition) is 1. The van der Waals surface area contributed by atoms with Crippen molar-refractivity contribution in [1.82, 2.24) is 24.6 Å². The van der Waals surface area contributed by atoms with Crippen molar-refractivity contribution in [1.29, 1.82) is 0 Å². The van der Waals surface area contributed by atoms with E-state index in [1.807, 2.05) is 4.90 Å². The van der Waals surface area contributed by atoms with E-state index in [1.165, 1.54) is 17.1 Å². The van der Waals surface area contributed by atoms with E-state index in [1.54, 1.807) is 18.7 Å². The molecule has 0 atom stereocenters. The number of piperazine rings is 1. The summed E-state index contributed by atoms with van der Waals surface area (Å²) in [7, 11) is -3.64. The van der Waals surface area contributed by atoms with Crippen LogP contribution < -0.4 is 5.32 Å². The predicted molar refractivity (Wildman–Crippen MR) is 121 cm³/mol. The summed E-state index contributed by atoms with van der Waals surface area (Å²) in [5.41, 5.74) is 0.376. The Bertz CT molecular complexity index is 936. The summed E-state index contributed by atoms with van der Waals surface area (Å²) in [6, 6.07) is 0.283. The highest BCUT2D eigenvalue weighted by atomic mass is 32.2. The van der Waals surface area contributed by atoms with Gasteiger partial charge in [-0.2, -0.15) is 4.31 Å². The second-order valence-corrected chi connectivity index (χ2v) is 11.4. The Balaban J connectivity index is 1.22. The molecule has 0 unspecified atom stereocenters. The highest BCUT2D eigenvalue weighted by Crippen LogP contribution is 2.29. The zero-order valence-corrected chi connectivity index (χ0v) is 20.4. The standard InChI is InChI=1S/C22H35N5O5S/c1-16-21(17(2)32-24-16)33(30,31)27-9-7-18(8-10-27)15-20(28)25-11-13-26(14-12-25)22(29)23-19-5-3-4-6-19/h18-19H,3-15H2,1-2H3,(H,23,29). The Kier molecular flexibility index (Phi) is 7.28. The van der Waals surface area contributed by atoms with Crippen LogP contribution >= 0.6 is 0 Å². The van der Waals surface area contributed by atoms with E-state index in [4.69, 9.17) is 4.52 Å². The summed E-state index contributed by atoms with van der Waals surface area (Å²) >= 11 is 0. The van der Waals surface area contributed by atoms with Gasteiger partial charge in [0, 0.05) is 51.7 Å². The smallest absolute Gasteiger partial charge is 0.317 e. The maximum absolute atomic E-state index is 13.0. The Morgan fingerprint density at radius 3 is 2.15 bits per heavy atom. The molecule has 1 N–H and O–H groups in total. The van der Waals surface area contributed by atoms with Gasteiger partial charge < -0.3 is 19.6 Å². The van der Waals surface area contributed by atoms with E-state index in [0.29, 0.717) is 76.0 Å². The average Bonchev–Trinajstić information content (AvgIpc) is 3.43. The number of amides is 3. The first-order valence-electron chi connectivity index (χ1n) is 12.0. The monoisotopic (exact) mass is 481 g/mol. The molecule has 1 aromatic rings. The first-order valence-corrected chi connectivity index (χ1v) is 13.5. The molecule has 3 fully saturated rings. The van der Waals surface area contributed by atoms with Crippen molar-refractivity contribution in [3.63, 3.8) is 0 Å². The van der Waals surface area contributed by atoms with Crippen LogP contribution in [-0.2, 0) is 14.8 Å². The lowest BCUT2D eigenvalue weighted by molar-refractivity contribution is -0.133. The van der Waals surface area contributed by atoms with Crippen LogP contribution in [0, 0.1) is 19.8 Å². The van der Waals surface area contributed by atoms with Gasteiger partial charge in [-0.15, -0.1) is 0 Å². The van der Waals surface area contributed by atoms with Gasteiger partial charge in [0.25, 0.3) is 0 Å². The Morgan fingerprint density at radius 1 is 0.970 bits per heavy atom. The van der Waals surface area contributed by atoms with E-state index < -0.39 is 10.0 Å². The number of rotatable bonds is 5. The molecule has 33 heavy (non-hydrogen) atoms. The molecular formula is C22H35N5O5S. The molecule has 4 rings (SSSR count). The quantitative estimate of drug-likeness (QED) is 0.686. The van der Waals surface area contributed by atoms with Crippen molar-refractivity contribution >= 4 is 22.0 Å². The van der Waals surface area contributed by atoms with Crippen LogP contribution in [0.1, 0.15) is 56.4 Å². The van der Waals surface area contributed by atoms with E-state index in [-0.39, 0.29) is 22.8 Å². The molecule has 0 bridgehead atoms. The number of sulfonamides is 1. The molecule has 3 heterocycles. The number of carbonyl (C=O) groups is 2. The van der Waals surface area contributed by atoms with Crippen LogP contribution in [0.4, 0.5) is 4.79 Å². The molecule has 184 valence electrons. The number of urea groups is 1. The Hall–Kier alpha value is -2.14. The molecule has 2 aliphatic heterocycles. The molecule has 3 aliphatic rings. The highest BCUT2D eigenvalue weighted by molar-refractivity contribution is 7.89. The number of nitrogens with zero attached hydrogens (tertiary/aromatic N) is 4. The maximum Gasteiger partial charge on any atom is 0.317 e. The van der Waals surface area contributed by atoms with Gasteiger partial charge in [0.1, 0.15) is 10.6 Å². The molecule has 1 aliphatic carbocycles. The topological polar surface area (TPSA) is 116 Å². The number of aromatic nitrogens is 1. The van der Waals surface area contributed by atoms with Gasteiger partial charge in [-0.05, 0) is 45.4 Å². The minimum Gasteiger partial charge on any atom is -0.360 e.